The Morgan fingerprint density at radius 1 is 1.18 bits per heavy atom. The van der Waals surface area contributed by atoms with E-state index in [1.165, 1.54) is 11.1 Å². The normalized spacial score (nSPS) is 28.7. The molecule has 0 saturated carbocycles. The number of nitrogens with zero attached hydrogens (tertiary/aromatic N) is 1. The number of amides is 2. The van der Waals surface area contributed by atoms with Crippen LogP contribution in [0.3, 0.4) is 0 Å². The Morgan fingerprint density at radius 2 is 1.96 bits per heavy atom. The van der Waals surface area contributed by atoms with Crippen molar-refractivity contribution in [3.05, 3.63) is 71.3 Å². The highest BCUT2D eigenvalue weighted by Gasteiger charge is 2.36. The van der Waals surface area contributed by atoms with E-state index in [0.717, 1.165) is 50.2 Å². The number of hydrogen-bond acceptors (Lipinski definition) is 6. The number of hydrogen-bond donors (Lipinski definition) is 2. The standard InChI is InChI=1S/C40H59N3O5S/c1-9-33-23-43-25-40(8,20-12-16-32-15-10-13-28(4)21-32)26-48-37-19-18-34(22-35(37)43)39(45)42-49(46)31(7)29(5)14-11-17-36(30(33)6)47-24-38(44)41-27(2)3/h10-11,13,15,17-19,21-22,27,29-31,33,36H,9,12,14,16,20,23-26H2,1-8H3,(H,41,44)(H,42,45)/b17-11+. The van der Waals surface area contributed by atoms with Gasteiger partial charge in [0, 0.05) is 30.1 Å². The van der Waals surface area contributed by atoms with Crippen LogP contribution in [-0.4, -0.2) is 59.7 Å². The van der Waals surface area contributed by atoms with Crippen LogP contribution in [-0.2, 0) is 26.9 Å². The molecule has 7 unspecified atom stereocenters. The summed E-state index contributed by atoms with van der Waals surface area (Å²) in [7, 11) is -1.57. The van der Waals surface area contributed by atoms with Crippen LogP contribution in [0, 0.1) is 30.1 Å². The fourth-order valence-corrected chi connectivity index (χ4v) is 8.00. The Bertz CT molecular complexity index is 1480. The SMILES string of the molecule is CCC1CN2CC(C)(CCCc3cccc(C)c3)COc3ccc(cc32)C(=O)NS(=O)C(C)C(C)C/C=C/C(OCC(=O)NC(C)C)C1C. The van der Waals surface area contributed by atoms with Gasteiger partial charge in [0.25, 0.3) is 5.91 Å². The molecule has 2 bridgehead atoms. The minimum absolute atomic E-state index is 0.0152. The fraction of sp³-hybridized carbons (Fsp3) is 0.600. The molecular formula is C40H59N3O5S. The zero-order chi connectivity index (χ0) is 35.7. The number of benzene rings is 2. The van der Waals surface area contributed by atoms with Crippen molar-refractivity contribution in [3.63, 3.8) is 0 Å². The first kappa shape index (κ1) is 38.6. The van der Waals surface area contributed by atoms with Crippen molar-refractivity contribution in [1.29, 1.82) is 0 Å². The molecule has 0 saturated heterocycles. The second-order valence-electron chi connectivity index (χ2n) is 15.1. The third kappa shape index (κ3) is 10.9. The summed E-state index contributed by atoms with van der Waals surface area (Å²) in [6.07, 6.45) is 8.51. The van der Waals surface area contributed by atoms with Crippen molar-refractivity contribution >= 4 is 28.5 Å². The minimum Gasteiger partial charge on any atom is -0.491 e. The molecule has 4 rings (SSSR count). The first-order valence-corrected chi connectivity index (χ1v) is 19.4. The predicted molar refractivity (Wildman–Crippen MR) is 200 cm³/mol. The summed E-state index contributed by atoms with van der Waals surface area (Å²) in [5, 5.41) is 2.68. The van der Waals surface area contributed by atoms with E-state index in [-0.39, 0.29) is 59.0 Å². The molecule has 0 fully saturated rings. The summed E-state index contributed by atoms with van der Waals surface area (Å²) in [5.41, 5.74) is 3.84. The van der Waals surface area contributed by atoms with Gasteiger partial charge in [0.15, 0.2) is 0 Å². The molecule has 2 aromatic rings. The number of allylic oxidation sites excluding steroid dienone is 1. The van der Waals surface area contributed by atoms with E-state index in [1.54, 1.807) is 6.07 Å². The number of carbonyl (C=O) groups is 2. The van der Waals surface area contributed by atoms with Crippen molar-refractivity contribution < 1.29 is 23.3 Å². The summed E-state index contributed by atoms with van der Waals surface area (Å²) in [6, 6.07) is 14.3. The minimum atomic E-state index is -1.57. The quantitative estimate of drug-likeness (QED) is 0.271. The number of rotatable bonds is 9. The molecule has 0 aromatic heterocycles. The third-order valence-corrected chi connectivity index (χ3v) is 11.8. The van der Waals surface area contributed by atoms with Crippen LogP contribution in [0.1, 0.15) is 95.6 Å². The second kappa shape index (κ2) is 17.7. The molecule has 9 heteroatoms. The topological polar surface area (TPSA) is 97.0 Å². The predicted octanol–water partition coefficient (Wildman–Crippen LogP) is 7.17. The molecular weight excluding hydrogens is 635 g/mol. The summed E-state index contributed by atoms with van der Waals surface area (Å²) >= 11 is 0. The smallest absolute Gasteiger partial charge is 0.263 e. The number of aryl methyl sites for hydroxylation is 2. The van der Waals surface area contributed by atoms with Crippen LogP contribution in [0.2, 0.25) is 0 Å². The first-order chi connectivity index (χ1) is 23.3. The summed E-state index contributed by atoms with van der Waals surface area (Å²) < 4.78 is 29.0. The lowest BCUT2D eigenvalue weighted by molar-refractivity contribution is -0.128. The van der Waals surface area contributed by atoms with Crippen molar-refractivity contribution in [3.8, 4) is 5.75 Å². The molecule has 7 atom stereocenters. The molecule has 270 valence electrons. The van der Waals surface area contributed by atoms with E-state index in [4.69, 9.17) is 9.47 Å². The highest BCUT2D eigenvalue weighted by molar-refractivity contribution is 7.84. The van der Waals surface area contributed by atoms with Gasteiger partial charge in [0.2, 0.25) is 5.91 Å². The van der Waals surface area contributed by atoms with Crippen molar-refractivity contribution in [2.75, 3.05) is 31.2 Å². The van der Waals surface area contributed by atoms with Crippen LogP contribution >= 0.6 is 0 Å². The highest BCUT2D eigenvalue weighted by atomic mass is 32.2. The molecule has 49 heavy (non-hydrogen) atoms. The molecule has 8 nitrogen and oxygen atoms in total. The third-order valence-electron chi connectivity index (χ3n) is 10.3. The average Bonchev–Trinajstić information content (AvgIpc) is 3.19. The summed E-state index contributed by atoms with van der Waals surface area (Å²) in [4.78, 5) is 28.5. The number of carbonyl (C=O) groups excluding carboxylic acids is 2. The molecule has 0 aliphatic carbocycles. The van der Waals surface area contributed by atoms with Gasteiger partial charge in [-0.2, -0.15) is 0 Å². The maximum absolute atomic E-state index is 13.5. The lowest BCUT2D eigenvalue weighted by atomic mass is 9.82. The highest BCUT2D eigenvalue weighted by Crippen LogP contribution is 2.40. The second-order valence-corrected chi connectivity index (χ2v) is 16.6. The monoisotopic (exact) mass is 693 g/mol. The Balaban J connectivity index is 1.67. The van der Waals surface area contributed by atoms with E-state index in [9.17, 15) is 13.8 Å². The molecule has 2 aromatic carbocycles. The summed E-state index contributed by atoms with van der Waals surface area (Å²) in [6.45, 7) is 18.8. The first-order valence-electron chi connectivity index (χ1n) is 18.1. The van der Waals surface area contributed by atoms with Gasteiger partial charge in [-0.25, -0.2) is 4.21 Å². The fourth-order valence-electron chi connectivity index (χ4n) is 6.98. The molecule has 2 amide bonds. The van der Waals surface area contributed by atoms with Gasteiger partial charge < -0.3 is 19.7 Å². The van der Waals surface area contributed by atoms with E-state index in [0.29, 0.717) is 18.6 Å². The molecule has 2 heterocycles. The molecule has 2 aliphatic rings. The molecule has 2 N–H and O–H groups in total. The maximum atomic E-state index is 13.5. The number of nitrogens with one attached hydrogen (secondary N) is 2. The van der Waals surface area contributed by atoms with Gasteiger partial charge in [-0.3, -0.25) is 14.3 Å². The number of anilines is 1. The van der Waals surface area contributed by atoms with Gasteiger partial charge in [0.05, 0.1) is 23.6 Å². The largest absolute Gasteiger partial charge is 0.491 e. The van der Waals surface area contributed by atoms with Crippen LogP contribution in [0.25, 0.3) is 0 Å². The molecule has 0 radical (unpaired) electrons. The Morgan fingerprint density at radius 3 is 2.67 bits per heavy atom. The van der Waals surface area contributed by atoms with Crippen molar-refractivity contribution in [1.82, 2.24) is 10.0 Å². The van der Waals surface area contributed by atoms with Gasteiger partial charge >= 0.3 is 0 Å². The van der Waals surface area contributed by atoms with E-state index in [1.807, 2.05) is 39.8 Å². The summed E-state index contributed by atoms with van der Waals surface area (Å²) in [5.74, 6) is 0.641. The lowest BCUT2D eigenvalue weighted by Gasteiger charge is -2.38. The number of fused-ring (bicyclic) bond motifs is 1. The van der Waals surface area contributed by atoms with Crippen molar-refractivity contribution in [2.24, 2.45) is 23.2 Å². The van der Waals surface area contributed by atoms with E-state index in [2.05, 4.69) is 79.1 Å². The van der Waals surface area contributed by atoms with Crippen LogP contribution in [0.5, 0.6) is 5.75 Å². The van der Waals surface area contributed by atoms with Gasteiger partial charge in [-0.05, 0) is 94.9 Å². The average molecular weight is 694 g/mol. The van der Waals surface area contributed by atoms with Crippen LogP contribution in [0.15, 0.2) is 54.6 Å². The molecule has 0 spiro atoms. The lowest BCUT2D eigenvalue weighted by Crippen LogP contribution is -2.43. The molecule has 2 aliphatic heterocycles. The van der Waals surface area contributed by atoms with Crippen LogP contribution in [0.4, 0.5) is 5.69 Å². The number of ether oxygens (including phenoxy) is 2. The van der Waals surface area contributed by atoms with Crippen molar-refractivity contribution in [2.45, 2.75) is 105 Å². The van der Waals surface area contributed by atoms with Crippen LogP contribution < -0.4 is 19.7 Å². The maximum Gasteiger partial charge on any atom is 0.263 e. The Labute approximate surface area is 297 Å². The zero-order valence-corrected chi connectivity index (χ0v) is 31.7. The van der Waals surface area contributed by atoms with Gasteiger partial charge in [-0.1, -0.05) is 76.1 Å². The Hall–Kier alpha value is -3.17. The van der Waals surface area contributed by atoms with Gasteiger partial charge in [-0.15, -0.1) is 0 Å². The zero-order valence-electron chi connectivity index (χ0n) is 30.9. The van der Waals surface area contributed by atoms with E-state index < -0.39 is 11.0 Å². The van der Waals surface area contributed by atoms with E-state index >= 15 is 0 Å². The van der Waals surface area contributed by atoms with Gasteiger partial charge in [0.1, 0.15) is 23.3 Å². The Kier molecular flexibility index (Phi) is 13.9.